The molecule has 6 nitrogen and oxygen atoms in total. The zero-order chi connectivity index (χ0) is 19.6. The average Bonchev–Trinajstić information content (AvgIpc) is 2.67. The van der Waals surface area contributed by atoms with Crippen LogP contribution in [0.1, 0.15) is 15.9 Å². The van der Waals surface area contributed by atoms with Gasteiger partial charge < -0.3 is 4.90 Å². The molecule has 1 heterocycles. The molecule has 1 amide bonds. The first-order chi connectivity index (χ1) is 12.8. The lowest BCUT2D eigenvalue weighted by Crippen LogP contribution is -2.50. The Morgan fingerprint density at radius 3 is 2.19 bits per heavy atom. The van der Waals surface area contributed by atoms with Crippen LogP contribution in [0.5, 0.6) is 0 Å². The minimum absolute atomic E-state index is 0.0525. The lowest BCUT2D eigenvalue weighted by atomic mass is 10.1. The predicted molar refractivity (Wildman–Crippen MR) is 92.2 cm³/mol. The van der Waals surface area contributed by atoms with Gasteiger partial charge in [-0.2, -0.15) is 9.57 Å². The van der Waals surface area contributed by atoms with Gasteiger partial charge in [0.05, 0.1) is 22.1 Å². The number of benzene rings is 2. The summed E-state index contributed by atoms with van der Waals surface area (Å²) >= 11 is 0. The van der Waals surface area contributed by atoms with E-state index in [2.05, 4.69) is 0 Å². The molecule has 0 unspecified atom stereocenters. The van der Waals surface area contributed by atoms with Crippen molar-refractivity contribution in [3.63, 3.8) is 0 Å². The molecule has 0 spiro atoms. The molecule has 9 heteroatoms. The molecule has 27 heavy (non-hydrogen) atoms. The summed E-state index contributed by atoms with van der Waals surface area (Å²) in [7, 11) is -3.75. The van der Waals surface area contributed by atoms with Crippen molar-refractivity contribution >= 4 is 15.9 Å². The first kappa shape index (κ1) is 18.9. The number of nitriles is 1. The van der Waals surface area contributed by atoms with Crippen molar-refractivity contribution in [2.24, 2.45) is 0 Å². The molecule has 3 rings (SSSR count). The maximum Gasteiger partial charge on any atom is 0.256 e. The monoisotopic (exact) mass is 391 g/mol. The minimum atomic E-state index is -3.75. The SMILES string of the molecule is N#Cc1ccc(S(=O)(=O)N2CCN(C(=O)c3ccc(F)cc3F)CC2)cc1. The molecule has 0 bridgehead atoms. The van der Waals surface area contributed by atoms with Crippen molar-refractivity contribution < 1.29 is 22.0 Å². The van der Waals surface area contributed by atoms with Gasteiger partial charge in [0.25, 0.3) is 5.91 Å². The second-order valence-electron chi connectivity index (χ2n) is 5.96. The molecule has 0 radical (unpaired) electrons. The number of piperazine rings is 1. The zero-order valence-corrected chi connectivity index (χ0v) is 14.9. The lowest BCUT2D eigenvalue weighted by Gasteiger charge is -2.34. The highest BCUT2D eigenvalue weighted by Crippen LogP contribution is 2.20. The maximum absolute atomic E-state index is 13.8. The Morgan fingerprint density at radius 2 is 1.63 bits per heavy atom. The zero-order valence-electron chi connectivity index (χ0n) is 14.1. The van der Waals surface area contributed by atoms with Crippen LogP contribution in [-0.2, 0) is 10.0 Å². The summed E-state index contributed by atoms with van der Waals surface area (Å²) in [6, 6.07) is 10.2. The van der Waals surface area contributed by atoms with Gasteiger partial charge in [-0.25, -0.2) is 17.2 Å². The second-order valence-corrected chi connectivity index (χ2v) is 7.89. The molecule has 0 N–H and O–H groups in total. The van der Waals surface area contributed by atoms with Crippen LogP contribution in [0.15, 0.2) is 47.4 Å². The summed E-state index contributed by atoms with van der Waals surface area (Å²) in [4.78, 5) is 13.8. The van der Waals surface area contributed by atoms with Crippen molar-refractivity contribution in [2.75, 3.05) is 26.2 Å². The number of amides is 1. The van der Waals surface area contributed by atoms with Crippen molar-refractivity contribution in [1.82, 2.24) is 9.21 Å². The Kier molecular flexibility index (Phi) is 5.21. The van der Waals surface area contributed by atoms with Gasteiger partial charge in [0.15, 0.2) is 0 Å². The fraction of sp³-hybridized carbons (Fsp3) is 0.222. The van der Waals surface area contributed by atoms with Crippen LogP contribution in [0, 0.1) is 23.0 Å². The standard InChI is InChI=1S/C18H15F2N3O3S/c19-14-3-6-16(17(20)11-14)18(24)22-7-9-23(10-8-22)27(25,26)15-4-1-13(12-21)2-5-15/h1-6,11H,7-10H2. The van der Waals surface area contributed by atoms with E-state index in [4.69, 9.17) is 5.26 Å². The number of nitrogens with zero attached hydrogens (tertiary/aromatic N) is 3. The molecule has 1 fully saturated rings. The maximum atomic E-state index is 13.8. The summed E-state index contributed by atoms with van der Waals surface area (Å²) in [5.74, 6) is -2.34. The fourth-order valence-electron chi connectivity index (χ4n) is 2.82. The number of hydrogen-bond donors (Lipinski definition) is 0. The van der Waals surface area contributed by atoms with Gasteiger partial charge >= 0.3 is 0 Å². The first-order valence-electron chi connectivity index (χ1n) is 8.07. The van der Waals surface area contributed by atoms with Crippen LogP contribution in [0.2, 0.25) is 0 Å². The molecule has 0 aromatic heterocycles. The molecule has 2 aromatic rings. The summed E-state index contributed by atoms with van der Waals surface area (Å²) in [5, 5.41) is 8.80. The van der Waals surface area contributed by atoms with E-state index in [-0.39, 0.29) is 36.6 Å². The summed E-state index contributed by atoms with van der Waals surface area (Å²) in [5.41, 5.74) is 0.102. The van der Waals surface area contributed by atoms with Crippen molar-refractivity contribution in [1.29, 1.82) is 5.26 Å². The van der Waals surface area contributed by atoms with Crippen LogP contribution in [0.25, 0.3) is 0 Å². The second kappa shape index (κ2) is 7.42. The molecule has 2 aromatic carbocycles. The van der Waals surface area contributed by atoms with Crippen molar-refractivity contribution in [3.8, 4) is 6.07 Å². The third kappa shape index (κ3) is 3.82. The van der Waals surface area contributed by atoms with E-state index in [0.717, 1.165) is 12.1 Å². The summed E-state index contributed by atoms with van der Waals surface area (Å²) < 4.78 is 53.3. The first-order valence-corrected chi connectivity index (χ1v) is 9.51. The molecular formula is C18H15F2N3O3S. The Morgan fingerprint density at radius 1 is 1.00 bits per heavy atom. The largest absolute Gasteiger partial charge is 0.336 e. The Hall–Kier alpha value is -2.83. The van der Waals surface area contributed by atoms with Crippen LogP contribution in [-0.4, -0.2) is 49.7 Å². The van der Waals surface area contributed by atoms with Gasteiger partial charge in [0, 0.05) is 32.2 Å². The topological polar surface area (TPSA) is 81.5 Å². The third-order valence-corrected chi connectivity index (χ3v) is 6.22. The number of carbonyl (C=O) groups excluding carboxylic acids is 1. The summed E-state index contributed by atoms with van der Waals surface area (Å²) in [6.07, 6.45) is 0. The lowest BCUT2D eigenvalue weighted by molar-refractivity contribution is 0.0693. The number of rotatable bonds is 3. The molecule has 0 atom stereocenters. The molecular weight excluding hydrogens is 376 g/mol. The molecule has 140 valence electrons. The Labute approximate surface area is 155 Å². The van der Waals surface area contributed by atoms with E-state index in [1.165, 1.54) is 33.5 Å². The van der Waals surface area contributed by atoms with E-state index in [9.17, 15) is 22.0 Å². The Bertz CT molecular complexity index is 1010. The molecule has 0 saturated carbocycles. The average molecular weight is 391 g/mol. The normalized spacial score (nSPS) is 15.4. The highest BCUT2D eigenvalue weighted by molar-refractivity contribution is 7.89. The van der Waals surface area contributed by atoms with Crippen LogP contribution in [0.3, 0.4) is 0 Å². The molecule has 0 aliphatic carbocycles. The quantitative estimate of drug-likeness (QED) is 0.801. The number of sulfonamides is 1. The number of carbonyl (C=O) groups is 1. The highest BCUT2D eigenvalue weighted by Gasteiger charge is 2.31. The van der Waals surface area contributed by atoms with Crippen LogP contribution in [0.4, 0.5) is 8.78 Å². The Balaban J connectivity index is 1.70. The number of hydrogen-bond acceptors (Lipinski definition) is 4. The number of halogens is 2. The fourth-order valence-corrected chi connectivity index (χ4v) is 4.24. The summed E-state index contributed by atoms with van der Waals surface area (Å²) in [6.45, 7) is 0.282. The highest BCUT2D eigenvalue weighted by atomic mass is 32.2. The third-order valence-electron chi connectivity index (χ3n) is 4.31. The van der Waals surface area contributed by atoms with Gasteiger partial charge in [0.1, 0.15) is 11.6 Å². The van der Waals surface area contributed by atoms with Crippen LogP contribution >= 0.6 is 0 Å². The van der Waals surface area contributed by atoms with E-state index in [0.29, 0.717) is 11.6 Å². The van der Waals surface area contributed by atoms with E-state index in [1.807, 2.05) is 6.07 Å². The van der Waals surface area contributed by atoms with Gasteiger partial charge in [-0.15, -0.1) is 0 Å². The molecule has 1 aliphatic rings. The van der Waals surface area contributed by atoms with Gasteiger partial charge in [-0.3, -0.25) is 4.79 Å². The van der Waals surface area contributed by atoms with Crippen LogP contribution < -0.4 is 0 Å². The van der Waals surface area contributed by atoms with E-state index >= 15 is 0 Å². The smallest absolute Gasteiger partial charge is 0.256 e. The van der Waals surface area contributed by atoms with Gasteiger partial charge in [0.2, 0.25) is 10.0 Å². The predicted octanol–water partition coefficient (Wildman–Crippen LogP) is 1.98. The van der Waals surface area contributed by atoms with Crippen molar-refractivity contribution in [2.45, 2.75) is 4.90 Å². The van der Waals surface area contributed by atoms with Crippen molar-refractivity contribution in [3.05, 3.63) is 65.2 Å². The molecule has 1 aliphatic heterocycles. The minimum Gasteiger partial charge on any atom is -0.336 e. The van der Waals surface area contributed by atoms with E-state index < -0.39 is 27.6 Å². The van der Waals surface area contributed by atoms with Gasteiger partial charge in [-0.1, -0.05) is 0 Å². The molecule has 1 saturated heterocycles. The van der Waals surface area contributed by atoms with E-state index in [1.54, 1.807) is 0 Å². The van der Waals surface area contributed by atoms with Gasteiger partial charge in [-0.05, 0) is 36.4 Å².